The summed E-state index contributed by atoms with van der Waals surface area (Å²) < 4.78 is 33.8. The minimum Gasteiger partial charge on any atom is -0.478 e. The highest BCUT2D eigenvalue weighted by Gasteiger charge is 2.37. The second-order valence-corrected chi connectivity index (χ2v) is 15.4. The van der Waals surface area contributed by atoms with Gasteiger partial charge in [0.1, 0.15) is 5.75 Å². The van der Waals surface area contributed by atoms with Crippen LogP contribution in [0.1, 0.15) is 128 Å². The quantitative estimate of drug-likeness (QED) is 0.0779. The summed E-state index contributed by atoms with van der Waals surface area (Å²) in [6.07, 6.45) is 14.9. The standard InChI is InChI=1S/C36H53ClN2O7S/c1-5-6-7-8-9-10-11-12-13-14-15-16-17-18-25-47(44,45)39-28-21-24-30(37)31(26-28)38-34(41)32(33(40)36(2,3)4)46-29-22-19-27(20-23-29)35(42)43/h19-24,26,32,39H,5-18,25H2,1-4H3,(H,38,41)(H,42,43). The second-order valence-electron chi connectivity index (χ2n) is 13.1. The molecule has 0 aliphatic carbocycles. The maximum absolute atomic E-state index is 13.3. The van der Waals surface area contributed by atoms with Crippen LogP contribution in [0.5, 0.6) is 5.75 Å². The van der Waals surface area contributed by atoms with Gasteiger partial charge in [0.2, 0.25) is 16.1 Å². The van der Waals surface area contributed by atoms with Gasteiger partial charge >= 0.3 is 5.97 Å². The molecule has 0 aromatic heterocycles. The van der Waals surface area contributed by atoms with Crippen molar-refractivity contribution in [2.24, 2.45) is 5.41 Å². The number of hydrogen-bond donors (Lipinski definition) is 3. The summed E-state index contributed by atoms with van der Waals surface area (Å²) in [5.41, 5.74) is -0.600. The van der Waals surface area contributed by atoms with Gasteiger partial charge in [0.05, 0.1) is 27.7 Å². The van der Waals surface area contributed by atoms with Crippen molar-refractivity contribution in [1.82, 2.24) is 0 Å². The Bertz CT molecular complexity index is 1390. The van der Waals surface area contributed by atoms with E-state index in [1.54, 1.807) is 20.8 Å². The molecule has 2 aromatic rings. The van der Waals surface area contributed by atoms with E-state index in [0.717, 1.165) is 19.3 Å². The van der Waals surface area contributed by atoms with Crippen LogP contribution in [0, 0.1) is 5.41 Å². The van der Waals surface area contributed by atoms with E-state index in [4.69, 9.17) is 21.4 Å². The molecule has 2 rings (SSSR count). The summed E-state index contributed by atoms with van der Waals surface area (Å²) in [5, 5.41) is 11.9. The van der Waals surface area contributed by atoms with Crippen LogP contribution in [0.3, 0.4) is 0 Å². The van der Waals surface area contributed by atoms with Gasteiger partial charge in [-0.2, -0.15) is 0 Å². The van der Waals surface area contributed by atoms with E-state index in [9.17, 15) is 22.8 Å². The normalized spacial score (nSPS) is 12.4. The zero-order valence-electron chi connectivity index (χ0n) is 28.4. The van der Waals surface area contributed by atoms with Crippen LogP contribution in [-0.4, -0.2) is 43.0 Å². The van der Waals surface area contributed by atoms with Crippen LogP contribution in [0.25, 0.3) is 0 Å². The highest BCUT2D eigenvalue weighted by molar-refractivity contribution is 7.92. The van der Waals surface area contributed by atoms with E-state index in [1.165, 1.54) is 107 Å². The molecule has 262 valence electrons. The van der Waals surface area contributed by atoms with Gasteiger partial charge in [0, 0.05) is 5.41 Å². The van der Waals surface area contributed by atoms with Crippen molar-refractivity contribution in [1.29, 1.82) is 0 Å². The molecule has 0 fully saturated rings. The molecule has 1 atom stereocenters. The van der Waals surface area contributed by atoms with Crippen molar-refractivity contribution >= 4 is 50.7 Å². The van der Waals surface area contributed by atoms with E-state index in [1.807, 2.05) is 0 Å². The fourth-order valence-electron chi connectivity index (χ4n) is 5.03. The number of benzene rings is 2. The van der Waals surface area contributed by atoms with Crippen molar-refractivity contribution in [3.05, 3.63) is 53.1 Å². The summed E-state index contributed by atoms with van der Waals surface area (Å²) >= 11 is 6.32. The Hall–Kier alpha value is -3.11. The molecule has 0 aliphatic heterocycles. The average molecular weight is 693 g/mol. The molecule has 11 heteroatoms. The maximum atomic E-state index is 13.3. The van der Waals surface area contributed by atoms with Gasteiger partial charge in [-0.1, -0.05) is 123 Å². The van der Waals surface area contributed by atoms with Crippen molar-refractivity contribution in [2.45, 2.75) is 124 Å². The van der Waals surface area contributed by atoms with E-state index in [0.29, 0.717) is 6.42 Å². The molecule has 47 heavy (non-hydrogen) atoms. The fourth-order valence-corrected chi connectivity index (χ4v) is 6.37. The predicted octanol–water partition coefficient (Wildman–Crippen LogP) is 9.26. The Morgan fingerprint density at radius 3 is 1.81 bits per heavy atom. The van der Waals surface area contributed by atoms with Gasteiger partial charge in [-0.3, -0.25) is 14.3 Å². The molecule has 0 saturated carbocycles. The Kier molecular flexibility index (Phi) is 17.3. The number of nitrogens with one attached hydrogen (secondary N) is 2. The van der Waals surface area contributed by atoms with Gasteiger partial charge in [0.15, 0.2) is 5.78 Å². The van der Waals surface area contributed by atoms with Gasteiger partial charge in [-0.25, -0.2) is 13.2 Å². The SMILES string of the molecule is CCCCCCCCCCCCCCCCS(=O)(=O)Nc1ccc(Cl)c(NC(=O)C(Oc2ccc(C(=O)O)cc2)C(=O)C(C)(C)C)c1. The number of rotatable bonds is 23. The summed E-state index contributed by atoms with van der Waals surface area (Å²) in [5.74, 6) is -2.34. The molecule has 0 spiro atoms. The predicted molar refractivity (Wildman–Crippen MR) is 190 cm³/mol. The van der Waals surface area contributed by atoms with Crippen molar-refractivity contribution in [3.63, 3.8) is 0 Å². The second kappa shape index (κ2) is 20.3. The summed E-state index contributed by atoms with van der Waals surface area (Å²) in [7, 11) is -3.63. The van der Waals surface area contributed by atoms with E-state index < -0.39 is 39.2 Å². The molecule has 9 nitrogen and oxygen atoms in total. The molecule has 0 bridgehead atoms. The van der Waals surface area contributed by atoms with E-state index in [2.05, 4.69) is 17.0 Å². The first-order valence-electron chi connectivity index (χ1n) is 16.9. The van der Waals surface area contributed by atoms with Crippen LogP contribution in [0.15, 0.2) is 42.5 Å². The number of ether oxygens (including phenoxy) is 1. The molecular weight excluding hydrogens is 640 g/mol. The minimum atomic E-state index is -3.63. The number of aromatic carboxylic acids is 1. The third-order valence-corrected chi connectivity index (χ3v) is 9.54. The number of anilines is 2. The number of carboxylic acids is 1. The number of Topliss-reactive ketones (excluding diaryl/α,β-unsaturated/α-hetero) is 1. The number of carbonyl (C=O) groups is 3. The van der Waals surface area contributed by atoms with Crippen molar-refractivity contribution in [3.8, 4) is 5.75 Å². The lowest BCUT2D eigenvalue weighted by Crippen LogP contribution is -2.45. The largest absolute Gasteiger partial charge is 0.478 e. The molecule has 0 radical (unpaired) electrons. The number of ketones is 1. The number of carboxylic acid groups (broad SMARTS) is 1. The zero-order valence-corrected chi connectivity index (χ0v) is 30.0. The summed E-state index contributed by atoms with van der Waals surface area (Å²) in [6.45, 7) is 7.17. The topological polar surface area (TPSA) is 139 Å². The first kappa shape index (κ1) is 40.1. The van der Waals surface area contributed by atoms with Crippen molar-refractivity contribution in [2.75, 3.05) is 15.8 Å². The van der Waals surface area contributed by atoms with Gasteiger partial charge in [-0.15, -0.1) is 0 Å². The molecule has 2 aromatic carbocycles. The Balaban J connectivity index is 1.87. The Labute approximate surface area is 286 Å². The van der Waals surface area contributed by atoms with Gasteiger partial charge in [-0.05, 0) is 48.9 Å². The maximum Gasteiger partial charge on any atom is 0.335 e. The van der Waals surface area contributed by atoms with Crippen LogP contribution < -0.4 is 14.8 Å². The lowest BCUT2D eigenvalue weighted by molar-refractivity contribution is -0.140. The molecular formula is C36H53ClN2O7S. The van der Waals surface area contributed by atoms with E-state index >= 15 is 0 Å². The highest BCUT2D eigenvalue weighted by Crippen LogP contribution is 2.28. The monoisotopic (exact) mass is 692 g/mol. The zero-order chi connectivity index (χ0) is 34.9. The smallest absolute Gasteiger partial charge is 0.335 e. The third-order valence-electron chi connectivity index (χ3n) is 7.83. The fraction of sp³-hybridized carbons (Fsp3) is 0.583. The first-order chi connectivity index (χ1) is 22.2. The summed E-state index contributed by atoms with van der Waals surface area (Å²) in [6, 6.07) is 9.68. The van der Waals surface area contributed by atoms with Gasteiger partial charge in [0.25, 0.3) is 5.91 Å². The lowest BCUT2D eigenvalue weighted by atomic mass is 9.87. The molecule has 1 unspecified atom stereocenters. The lowest BCUT2D eigenvalue weighted by Gasteiger charge is -2.25. The Morgan fingerprint density at radius 1 is 0.809 bits per heavy atom. The average Bonchev–Trinajstić information content (AvgIpc) is 3.00. The molecule has 1 amide bonds. The Morgan fingerprint density at radius 2 is 1.32 bits per heavy atom. The van der Waals surface area contributed by atoms with E-state index in [-0.39, 0.29) is 33.5 Å². The number of amides is 1. The number of unbranched alkanes of at least 4 members (excludes halogenated alkanes) is 13. The third kappa shape index (κ3) is 15.6. The number of halogens is 1. The number of carbonyl (C=O) groups excluding carboxylic acids is 2. The minimum absolute atomic E-state index is 0.0218. The molecule has 3 N–H and O–H groups in total. The molecule has 0 aliphatic rings. The van der Waals surface area contributed by atoms with Crippen LogP contribution >= 0.6 is 11.6 Å². The molecule has 0 heterocycles. The molecule has 0 saturated heterocycles. The van der Waals surface area contributed by atoms with Crippen molar-refractivity contribution < 1.29 is 32.6 Å². The van der Waals surface area contributed by atoms with Crippen LogP contribution in [0.4, 0.5) is 11.4 Å². The van der Waals surface area contributed by atoms with Crippen LogP contribution in [-0.2, 0) is 19.6 Å². The first-order valence-corrected chi connectivity index (χ1v) is 18.9. The van der Waals surface area contributed by atoms with Gasteiger partial charge < -0.3 is 15.2 Å². The van der Waals surface area contributed by atoms with Crippen LogP contribution in [0.2, 0.25) is 5.02 Å². The number of hydrogen-bond acceptors (Lipinski definition) is 6. The summed E-state index contributed by atoms with van der Waals surface area (Å²) in [4.78, 5) is 37.7. The highest BCUT2D eigenvalue weighted by atomic mass is 35.5. The number of sulfonamides is 1.